The summed E-state index contributed by atoms with van der Waals surface area (Å²) in [5.41, 5.74) is -1.08. The monoisotopic (exact) mass is 590 g/mol. The predicted molar refractivity (Wildman–Crippen MR) is 165 cm³/mol. The number of ether oxygens (including phenoxy) is 3. The molecule has 238 valence electrons. The predicted octanol–water partition coefficient (Wildman–Crippen LogP) is 5.74. The van der Waals surface area contributed by atoms with Crippen LogP contribution in [0.3, 0.4) is 0 Å². The van der Waals surface area contributed by atoms with Crippen molar-refractivity contribution in [3.63, 3.8) is 0 Å². The molecule has 2 heterocycles. The zero-order valence-corrected chi connectivity index (χ0v) is 28.2. The Labute approximate surface area is 254 Å². The minimum Gasteiger partial charge on any atom is -0.444 e. The standard InChI is InChI=1S/C16H25NO4.C15H23NO3.C2H6/c1-7-8-13(18)14-9-17(12(10-20-14)11(2)3)15(19)21-16(4,5)6;1-6-7-13(17)12-10-16(9-8-11(12)2)14(18)19-15(3,4)5;1-2/h11-12,14H,9-10H2,1-6H3;11-12H,8-10H2,1-5H3;1-2H3/t12-,14?;11-,12-;/m11./s1. The van der Waals surface area contributed by atoms with Crippen molar-refractivity contribution in [3.8, 4) is 23.7 Å². The molecule has 2 aliphatic rings. The fourth-order valence-corrected chi connectivity index (χ4v) is 4.24. The lowest BCUT2D eigenvalue weighted by molar-refractivity contribution is -0.135. The van der Waals surface area contributed by atoms with E-state index in [1.165, 1.54) is 0 Å². The van der Waals surface area contributed by atoms with Gasteiger partial charge in [0.2, 0.25) is 11.6 Å². The number of morpholine rings is 1. The molecule has 42 heavy (non-hydrogen) atoms. The summed E-state index contributed by atoms with van der Waals surface area (Å²) in [6.07, 6.45) is -0.644. The summed E-state index contributed by atoms with van der Waals surface area (Å²) in [7, 11) is 0. The first kappa shape index (κ1) is 39.0. The highest BCUT2D eigenvalue weighted by molar-refractivity contribution is 5.99. The maximum absolute atomic E-state index is 12.4. The van der Waals surface area contributed by atoms with E-state index in [-0.39, 0.29) is 48.0 Å². The molecule has 9 nitrogen and oxygen atoms in total. The van der Waals surface area contributed by atoms with Gasteiger partial charge in [-0.15, -0.1) is 0 Å². The van der Waals surface area contributed by atoms with Crippen LogP contribution in [0.2, 0.25) is 0 Å². The van der Waals surface area contributed by atoms with Crippen LogP contribution in [-0.2, 0) is 23.8 Å². The van der Waals surface area contributed by atoms with Crippen LogP contribution in [0.25, 0.3) is 0 Å². The number of Topliss-reactive ketones (excluding diaryl/α,β-unsaturated/α-hetero) is 2. The molecule has 0 bridgehead atoms. The Hall–Kier alpha value is -3.04. The lowest BCUT2D eigenvalue weighted by Gasteiger charge is -2.41. The van der Waals surface area contributed by atoms with E-state index in [0.717, 1.165) is 6.42 Å². The molecule has 0 spiro atoms. The molecule has 0 saturated carbocycles. The third-order valence-electron chi connectivity index (χ3n) is 6.36. The minimum atomic E-state index is -0.694. The molecule has 2 fully saturated rings. The second kappa shape index (κ2) is 17.8. The number of rotatable bonds is 3. The molecule has 4 atom stereocenters. The Morgan fingerprint density at radius 3 is 1.81 bits per heavy atom. The summed E-state index contributed by atoms with van der Waals surface area (Å²) in [6.45, 7) is 25.8. The summed E-state index contributed by atoms with van der Waals surface area (Å²) >= 11 is 0. The molecule has 1 unspecified atom stereocenters. The molecular weight excluding hydrogens is 536 g/mol. The zero-order chi connectivity index (χ0) is 32.8. The third-order valence-corrected chi connectivity index (χ3v) is 6.36. The third kappa shape index (κ3) is 13.7. The zero-order valence-electron chi connectivity index (χ0n) is 28.2. The highest BCUT2D eigenvalue weighted by Gasteiger charge is 2.38. The number of ketones is 2. The molecule has 0 aromatic heterocycles. The van der Waals surface area contributed by atoms with Gasteiger partial charge in [-0.25, -0.2) is 9.59 Å². The van der Waals surface area contributed by atoms with Gasteiger partial charge in [0.05, 0.1) is 25.1 Å². The maximum atomic E-state index is 12.4. The molecule has 9 heteroatoms. The van der Waals surface area contributed by atoms with E-state index < -0.39 is 23.4 Å². The first-order valence-corrected chi connectivity index (χ1v) is 14.9. The first-order chi connectivity index (χ1) is 19.4. The van der Waals surface area contributed by atoms with Crippen molar-refractivity contribution in [1.82, 2.24) is 9.80 Å². The van der Waals surface area contributed by atoms with Crippen LogP contribution in [0, 0.1) is 41.4 Å². The number of carbonyl (C=O) groups excluding carboxylic acids is 4. The van der Waals surface area contributed by atoms with E-state index in [9.17, 15) is 19.2 Å². The molecular formula is C33H54N2O7. The van der Waals surface area contributed by atoms with Crippen LogP contribution < -0.4 is 0 Å². The van der Waals surface area contributed by atoms with E-state index in [2.05, 4.69) is 23.7 Å². The van der Waals surface area contributed by atoms with Crippen molar-refractivity contribution in [2.45, 2.75) is 120 Å². The number of hydrogen-bond acceptors (Lipinski definition) is 7. The van der Waals surface area contributed by atoms with Crippen LogP contribution in [-0.4, -0.2) is 83.1 Å². The molecule has 0 aromatic carbocycles. The molecule has 0 N–H and O–H groups in total. The van der Waals surface area contributed by atoms with Gasteiger partial charge in [-0.3, -0.25) is 14.5 Å². The molecule has 0 radical (unpaired) electrons. The number of nitrogens with zero attached hydrogens (tertiary/aromatic N) is 2. The molecule has 0 aliphatic carbocycles. The van der Waals surface area contributed by atoms with Gasteiger partial charge in [0.25, 0.3) is 0 Å². The van der Waals surface area contributed by atoms with Crippen molar-refractivity contribution in [3.05, 3.63) is 0 Å². The molecule has 2 aliphatic heterocycles. The van der Waals surface area contributed by atoms with Gasteiger partial charge in [-0.1, -0.05) is 46.5 Å². The fraction of sp³-hybridized carbons (Fsp3) is 0.758. The lowest BCUT2D eigenvalue weighted by atomic mass is 9.84. The number of amides is 2. The summed E-state index contributed by atoms with van der Waals surface area (Å²) < 4.78 is 16.3. The van der Waals surface area contributed by atoms with E-state index in [1.807, 2.05) is 76.2 Å². The van der Waals surface area contributed by atoms with Gasteiger partial charge < -0.3 is 19.1 Å². The van der Waals surface area contributed by atoms with E-state index >= 15 is 0 Å². The number of hydrogen-bond donors (Lipinski definition) is 0. The van der Waals surface area contributed by atoms with E-state index in [0.29, 0.717) is 19.7 Å². The smallest absolute Gasteiger partial charge is 0.410 e. The second-order valence-corrected chi connectivity index (χ2v) is 12.5. The van der Waals surface area contributed by atoms with Crippen molar-refractivity contribution in [1.29, 1.82) is 0 Å². The van der Waals surface area contributed by atoms with Crippen LogP contribution >= 0.6 is 0 Å². The highest BCUT2D eigenvalue weighted by atomic mass is 16.6. The van der Waals surface area contributed by atoms with E-state index in [1.54, 1.807) is 23.6 Å². The average molecular weight is 591 g/mol. The van der Waals surface area contributed by atoms with Gasteiger partial charge in [0, 0.05) is 13.1 Å². The molecule has 0 aromatic rings. The van der Waals surface area contributed by atoms with Crippen molar-refractivity contribution in [2.24, 2.45) is 17.8 Å². The first-order valence-electron chi connectivity index (χ1n) is 14.9. The Morgan fingerprint density at radius 2 is 1.33 bits per heavy atom. The number of likely N-dealkylation sites (tertiary alicyclic amines) is 1. The van der Waals surface area contributed by atoms with Crippen LogP contribution in [0.4, 0.5) is 9.59 Å². The Balaban J connectivity index is 0.000000759. The summed E-state index contributed by atoms with van der Waals surface area (Å²) in [5.74, 6) is 10.2. The fourth-order valence-electron chi connectivity index (χ4n) is 4.24. The molecule has 2 rings (SSSR count). The normalized spacial score (nSPS) is 22.0. The van der Waals surface area contributed by atoms with Gasteiger partial charge in [-0.2, -0.15) is 0 Å². The van der Waals surface area contributed by atoms with E-state index in [4.69, 9.17) is 14.2 Å². The van der Waals surface area contributed by atoms with Crippen LogP contribution in [0.5, 0.6) is 0 Å². The van der Waals surface area contributed by atoms with Gasteiger partial charge in [-0.05, 0) is 85.5 Å². The van der Waals surface area contributed by atoms with Crippen molar-refractivity contribution < 1.29 is 33.4 Å². The Kier molecular flexibility index (Phi) is 16.5. The number of carbonyl (C=O) groups is 4. The van der Waals surface area contributed by atoms with Gasteiger partial charge in [0.1, 0.15) is 17.3 Å². The Morgan fingerprint density at radius 1 is 0.833 bits per heavy atom. The van der Waals surface area contributed by atoms with Gasteiger partial charge in [0.15, 0.2) is 0 Å². The molecule has 2 saturated heterocycles. The summed E-state index contributed by atoms with van der Waals surface area (Å²) in [4.78, 5) is 51.3. The lowest BCUT2D eigenvalue weighted by Crippen LogP contribution is -2.57. The van der Waals surface area contributed by atoms with Crippen LogP contribution in [0.1, 0.15) is 96.4 Å². The summed E-state index contributed by atoms with van der Waals surface area (Å²) in [6, 6.07) is -0.0986. The highest BCUT2D eigenvalue weighted by Crippen LogP contribution is 2.25. The Bertz CT molecular complexity index is 1030. The second-order valence-electron chi connectivity index (χ2n) is 12.5. The molecule has 2 amide bonds. The summed E-state index contributed by atoms with van der Waals surface area (Å²) in [5, 5.41) is 0. The SMILES string of the molecule is CC.CC#CC(=O)C1CN(C(=O)OC(C)(C)C)[C@@H](C(C)C)CO1.CC#CC(=O)[C@@H]1CN(C(=O)OC(C)(C)C)CC[C@H]1C. The quantitative estimate of drug-likeness (QED) is 0.305. The van der Waals surface area contributed by atoms with Crippen molar-refractivity contribution in [2.75, 3.05) is 26.2 Å². The number of piperidine rings is 1. The average Bonchev–Trinajstić information content (AvgIpc) is 2.88. The van der Waals surface area contributed by atoms with Crippen LogP contribution in [0.15, 0.2) is 0 Å². The minimum absolute atomic E-state index is 0.0803. The van der Waals surface area contributed by atoms with Gasteiger partial charge >= 0.3 is 12.2 Å². The largest absolute Gasteiger partial charge is 0.444 e. The maximum Gasteiger partial charge on any atom is 0.410 e. The topological polar surface area (TPSA) is 102 Å². The van der Waals surface area contributed by atoms with Crippen molar-refractivity contribution >= 4 is 23.8 Å².